The summed E-state index contributed by atoms with van der Waals surface area (Å²) in [6.45, 7) is 9.84. The number of hydrogen-bond donors (Lipinski definition) is 3. The highest BCUT2D eigenvalue weighted by Gasteiger charge is 2.26. The topological polar surface area (TPSA) is 84.9 Å². The van der Waals surface area contributed by atoms with Crippen LogP contribution in [0.15, 0.2) is 24.3 Å². The highest BCUT2D eigenvalue weighted by atomic mass is 16.4. The van der Waals surface area contributed by atoms with Crippen LogP contribution < -0.4 is 15.5 Å². The van der Waals surface area contributed by atoms with Gasteiger partial charge in [0.05, 0.1) is 6.42 Å². The number of benzene rings is 1. The van der Waals surface area contributed by atoms with E-state index in [0.29, 0.717) is 11.6 Å². The number of rotatable bonds is 6. The molecule has 3 rings (SSSR count). The van der Waals surface area contributed by atoms with Crippen molar-refractivity contribution in [3.63, 3.8) is 0 Å². The van der Waals surface area contributed by atoms with Gasteiger partial charge in [0.2, 0.25) is 0 Å². The van der Waals surface area contributed by atoms with Gasteiger partial charge in [0.15, 0.2) is 0 Å². The maximum absolute atomic E-state index is 12.4. The molecular formula is C21H32N4O3. The van der Waals surface area contributed by atoms with Crippen molar-refractivity contribution in [2.75, 3.05) is 44.2 Å². The number of aliphatic carboxylic acids is 1. The maximum atomic E-state index is 12.4. The fourth-order valence-corrected chi connectivity index (χ4v) is 4.14. The number of hydrogen-bond acceptors (Lipinski definition) is 5. The third-order valence-electron chi connectivity index (χ3n) is 5.68. The Bertz CT molecular complexity index is 675. The molecule has 154 valence electrons. The molecule has 28 heavy (non-hydrogen) atoms. The van der Waals surface area contributed by atoms with Crippen molar-refractivity contribution in [2.24, 2.45) is 0 Å². The summed E-state index contributed by atoms with van der Waals surface area (Å²) in [6, 6.07) is 8.32. The van der Waals surface area contributed by atoms with Gasteiger partial charge in [-0.15, -0.1) is 0 Å². The first-order valence-electron chi connectivity index (χ1n) is 10.2. The Morgan fingerprint density at radius 1 is 1.11 bits per heavy atom. The van der Waals surface area contributed by atoms with Crippen LogP contribution >= 0.6 is 0 Å². The lowest BCUT2D eigenvalue weighted by atomic mass is 10.00. The molecule has 1 aromatic rings. The first kappa shape index (κ1) is 20.6. The number of nitrogens with one attached hydrogen (secondary N) is 2. The van der Waals surface area contributed by atoms with E-state index in [2.05, 4.69) is 20.4 Å². The quantitative estimate of drug-likeness (QED) is 0.686. The number of piperidine rings is 1. The van der Waals surface area contributed by atoms with Crippen molar-refractivity contribution in [2.45, 2.75) is 44.7 Å². The molecule has 7 heteroatoms. The standard InChI is InChI=1S/C21H32N4O3/c1-21(2,15-19(26)27)23-20(28)16-3-5-17(6-4-16)24-11-13-25(14-12-24)18-7-9-22-10-8-18/h3-6,18,22H,7-15H2,1-2H3,(H,23,28)(H,26,27). The van der Waals surface area contributed by atoms with Crippen molar-refractivity contribution in [1.82, 2.24) is 15.5 Å². The first-order chi connectivity index (χ1) is 13.3. The zero-order valence-corrected chi connectivity index (χ0v) is 16.9. The minimum Gasteiger partial charge on any atom is -0.481 e. The molecular weight excluding hydrogens is 356 g/mol. The van der Waals surface area contributed by atoms with Gasteiger partial charge in [0, 0.05) is 49.0 Å². The van der Waals surface area contributed by atoms with Crippen LogP contribution in [0.2, 0.25) is 0 Å². The summed E-state index contributed by atoms with van der Waals surface area (Å²) in [5, 5.41) is 15.2. The van der Waals surface area contributed by atoms with Crippen LogP contribution in [0.4, 0.5) is 5.69 Å². The number of carbonyl (C=O) groups is 2. The summed E-state index contributed by atoms with van der Waals surface area (Å²) >= 11 is 0. The predicted molar refractivity (Wildman–Crippen MR) is 110 cm³/mol. The molecule has 0 bridgehead atoms. The van der Waals surface area contributed by atoms with Gasteiger partial charge in [-0.2, -0.15) is 0 Å². The van der Waals surface area contributed by atoms with E-state index in [0.717, 1.165) is 45.0 Å². The second-order valence-corrected chi connectivity index (χ2v) is 8.46. The Morgan fingerprint density at radius 3 is 2.29 bits per heavy atom. The Labute approximate surface area is 167 Å². The van der Waals surface area contributed by atoms with Crippen LogP contribution in [0.25, 0.3) is 0 Å². The largest absolute Gasteiger partial charge is 0.481 e. The van der Waals surface area contributed by atoms with Crippen molar-refractivity contribution in [1.29, 1.82) is 0 Å². The van der Waals surface area contributed by atoms with Crippen LogP contribution in [-0.4, -0.2) is 72.7 Å². The molecule has 0 aromatic heterocycles. The molecule has 0 radical (unpaired) electrons. The average Bonchev–Trinajstić information content (AvgIpc) is 2.67. The Kier molecular flexibility index (Phi) is 6.57. The monoisotopic (exact) mass is 388 g/mol. The van der Waals surface area contributed by atoms with E-state index in [1.807, 2.05) is 24.3 Å². The van der Waals surface area contributed by atoms with Gasteiger partial charge in [-0.25, -0.2) is 0 Å². The molecule has 2 aliphatic heterocycles. The van der Waals surface area contributed by atoms with Crippen LogP contribution in [0, 0.1) is 0 Å². The molecule has 0 unspecified atom stereocenters. The highest BCUT2D eigenvalue weighted by molar-refractivity contribution is 5.95. The van der Waals surface area contributed by atoms with Crippen LogP contribution in [0.1, 0.15) is 43.5 Å². The fourth-order valence-electron chi connectivity index (χ4n) is 4.14. The number of carboxylic acid groups (broad SMARTS) is 1. The third-order valence-corrected chi connectivity index (χ3v) is 5.68. The lowest BCUT2D eigenvalue weighted by molar-refractivity contribution is -0.138. The van der Waals surface area contributed by atoms with E-state index in [-0.39, 0.29) is 12.3 Å². The summed E-state index contributed by atoms with van der Waals surface area (Å²) in [7, 11) is 0. The molecule has 2 saturated heterocycles. The molecule has 1 aromatic carbocycles. The summed E-state index contributed by atoms with van der Waals surface area (Å²) in [5.74, 6) is -1.17. The average molecular weight is 389 g/mol. The van der Waals surface area contributed by atoms with Crippen molar-refractivity contribution in [3.05, 3.63) is 29.8 Å². The number of anilines is 1. The predicted octanol–water partition coefficient (Wildman–Crippen LogP) is 1.54. The molecule has 1 amide bonds. The molecule has 2 fully saturated rings. The van der Waals surface area contributed by atoms with Crippen LogP contribution in [0.3, 0.4) is 0 Å². The molecule has 2 aliphatic rings. The second kappa shape index (κ2) is 8.92. The van der Waals surface area contributed by atoms with Gasteiger partial charge in [-0.3, -0.25) is 14.5 Å². The lowest BCUT2D eigenvalue weighted by Crippen LogP contribution is -2.52. The number of amides is 1. The van der Waals surface area contributed by atoms with Crippen LogP contribution in [-0.2, 0) is 4.79 Å². The van der Waals surface area contributed by atoms with Gasteiger partial charge in [0.1, 0.15) is 0 Å². The molecule has 0 aliphatic carbocycles. The van der Waals surface area contributed by atoms with Gasteiger partial charge in [-0.05, 0) is 64.0 Å². The van der Waals surface area contributed by atoms with E-state index < -0.39 is 11.5 Å². The zero-order valence-electron chi connectivity index (χ0n) is 16.9. The lowest BCUT2D eigenvalue weighted by Gasteiger charge is -2.41. The van der Waals surface area contributed by atoms with Crippen molar-refractivity contribution >= 4 is 17.6 Å². The van der Waals surface area contributed by atoms with E-state index in [1.54, 1.807) is 13.8 Å². The zero-order chi connectivity index (χ0) is 20.1. The molecule has 7 nitrogen and oxygen atoms in total. The summed E-state index contributed by atoms with van der Waals surface area (Å²) in [6.07, 6.45) is 2.36. The first-order valence-corrected chi connectivity index (χ1v) is 10.2. The van der Waals surface area contributed by atoms with Gasteiger partial charge in [-0.1, -0.05) is 0 Å². The smallest absolute Gasteiger partial charge is 0.305 e. The highest BCUT2D eigenvalue weighted by Crippen LogP contribution is 2.21. The summed E-state index contributed by atoms with van der Waals surface area (Å²) in [5.41, 5.74) is 0.897. The van der Waals surface area contributed by atoms with Gasteiger partial charge in [0.25, 0.3) is 5.91 Å². The number of nitrogens with zero attached hydrogens (tertiary/aromatic N) is 2. The van der Waals surface area contributed by atoms with E-state index >= 15 is 0 Å². The number of carbonyl (C=O) groups excluding carboxylic acids is 1. The van der Waals surface area contributed by atoms with Crippen molar-refractivity contribution in [3.8, 4) is 0 Å². The normalized spacial score (nSPS) is 19.4. The Morgan fingerprint density at radius 2 is 1.71 bits per heavy atom. The SMILES string of the molecule is CC(C)(CC(=O)O)NC(=O)c1ccc(N2CCN(C3CCNCC3)CC2)cc1. The van der Waals surface area contributed by atoms with Gasteiger partial charge >= 0.3 is 5.97 Å². The maximum Gasteiger partial charge on any atom is 0.305 e. The third kappa shape index (κ3) is 5.45. The molecule has 0 saturated carbocycles. The Balaban J connectivity index is 1.53. The summed E-state index contributed by atoms with van der Waals surface area (Å²) in [4.78, 5) is 28.3. The fraction of sp³-hybridized carbons (Fsp3) is 0.619. The molecule has 0 spiro atoms. The van der Waals surface area contributed by atoms with E-state index in [1.165, 1.54) is 12.8 Å². The number of carboxylic acids is 1. The van der Waals surface area contributed by atoms with E-state index in [9.17, 15) is 9.59 Å². The van der Waals surface area contributed by atoms with Crippen LogP contribution in [0.5, 0.6) is 0 Å². The Hall–Kier alpha value is -2.12. The minimum atomic E-state index is -0.927. The number of piperazine rings is 1. The van der Waals surface area contributed by atoms with Gasteiger partial charge < -0.3 is 20.6 Å². The molecule has 2 heterocycles. The molecule has 0 atom stereocenters. The molecule has 3 N–H and O–H groups in total. The van der Waals surface area contributed by atoms with Crippen molar-refractivity contribution < 1.29 is 14.7 Å². The van der Waals surface area contributed by atoms with E-state index in [4.69, 9.17) is 5.11 Å². The minimum absolute atomic E-state index is 0.113. The second-order valence-electron chi connectivity index (χ2n) is 8.46. The summed E-state index contributed by atoms with van der Waals surface area (Å²) < 4.78 is 0.